The van der Waals surface area contributed by atoms with Gasteiger partial charge >= 0.3 is 0 Å². The number of aliphatic hydroxyl groups excluding tert-OH is 6. The van der Waals surface area contributed by atoms with E-state index >= 15 is 0 Å². The minimum atomic E-state index is -1.57. The highest BCUT2D eigenvalue weighted by Crippen LogP contribution is 2.22. The highest BCUT2D eigenvalue weighted by Gasteiger charge is 2.46. The SMILES string of the molecule is OC[C@@H]1[C@@H](O)[C@H](O)[C@@H](O)C(O)N1CO. The quantitative estimate of drug-likeness (QED) is 0.274. The van der Waals surface area contributed by atoms with Gasteiger partial charge < -0.3 is 30.6 Å². The lowest BCUT2D eigenvalue weighted by Gasteiger charge is -2.45. The Labute approximate surface area is 80.4 Å². The van der Waals surface area contributed by atoms with Crippen LogP contribution >= 0.6 is 0 Å². The highest BCUT2D eigenvalue weighted by molar-refractivity contribution is 4.95. The normalized spacial score (nSPS) is 45.4. The van der Waals surface area contributed by atoms with Crippen LogP contribution in [0.1, 0.15) is 0 Å². The smallest absolute Gasteiger partial charge is 0.138 e. The van der Waals surface area contributed by atoms with Gasteiger partial charge in [0.05, 0.1) is 19.4 Å². The van der Waals surface area contributed by atoms with E-state index in [1.54, 1.807) is 0 Å². The summed E-state index contributed by atoms with van der Waals surface area (Å²) in [5.74, 6) is 0. The van der Waals surface area contributed by atoms with Gasteiger partial charge in [-0.2, -0.15) is 0 Å². The zero-order chi connectivity index (χ0) is 10.9. The van der Waals surface area contributed by atoms with Gasteiger partial charge in [-0.1, -0.05) is 0 Å². The van der Waals surface area contributed by atoms with Crippen LogP contribution in [0.5, 0.6) is 0 Å². The van der Waals surface area contributed by atoms with Crippen LogP contribution in [0.4, 0.5) is 0 Å². The van der Waals surface area contributed by atoms with Crippen LogP contribution < -0.4 is 0 Å². The molecule has 0 aromatic carbocycles. The first-order chi connectivity index (χ1) is 6.54. The van der Waals surface area contributed by atoms with Crippen LogP contribution in [0, 0.1) is 0 Å². The van der Waals surface area contributed by atoms with Gasteiger partial charge in [-0.25, -0.2) is 4.90 Å². The number of likely N-dealkylation sites (tertiary alicyclic amines) is 1. The van der Waals surface area contributed by atoms with Crippen LogP contribution in [0.15, 0.2) is 0 Å². The first-order valence-corrected chi connectivity index (χ1v) is 4.24. The Hall–Kier alpha value is -0.280. The summed E-state index contributed by atoms with van der Waals surface area (Å²) in [4.78, 5) is 0.905. The molecule has 1 heterocycles. The third kappa shape index (κ3) is 1.75. The molecule has 1 rings (SSSR count). The van der Waals surface area contributed by atoms with E-state index in [0.717, 1.165) is 4.90 Å². The van der Waals surface area contributed by atoms with Gasteiger partial charge in [0, 0.05) is 0 Å². The first-order valence-electron chi connectivity index (χ1n) is 4.24. The van der Waals surface area contributed by atoms with Crippen molar-refractivity contribution in [2.75, 3.05) is 13.3 Å². The fraction of sp³-hybridized carbons (Fsp3) is 1.00. The lowest BCUT2D eigenvalue weighted by Crippen LogP contribution is -2.67. The predicted octanol–water partition coefficient (Wildman–Crippen LogP) is -3.99. The average Bonchev–Trinajstić information content (AvgIpc) is 2.20. The molecule has 0 radical (unpaired) electrons. The zero-order valence-corrected chi connectivity index (χ0v) is 7.43. The van der Waals surface area contributed by atoms with Crippen molar-refractivity contribution in [1.29, 1.82) is 0 Å². The fourth-order valence-electron chi connectivity index (χ4n) is 1.60. The predicted molar refractivity (Wildman–Crippen MR) is 43.8 cm³/mol. The Morgan fingerprint density at radius 3 is 1.86 bits per heavy atom. The molecule has 0 bridgehead atoms. The molecule has 6 N–H and O–H groups in total. The van der Waals surface area contributed by atoms with Gasteiger partial charge in [0.1, 0.15) is 24.5 Å². The first kappa shape index (κ1) is 11.8. The second-order valence-electron chi connectivity index (χ2n) is 3.29. The van der Waals surface area contributed by atoms with Crippen molar-refractivity contribution in [3.05, 3.63) is 0 Å². The lowest BCUT2D eigenvalue weighted by molar-refractivity contribution is -0.236. The Morgan fingerprint density at radius 2 is 1.43 bits per heavy atom. The van der Waals surface area contributed by atoms with Crippen LogP contribution in [0.3, 0.4) is 0 Å². The van der Waals surface area contributed by atoms with Crippen molar-refractivity contribution in [3.8, 4) is 0 Å². The minimum absolute atomic E-state index is 0.539. The summed E-state index contributed by atoms with van der Waals surface area (Å²) in [6.45, 7) is -1.17. The van der Waals surface area contributed by atoms with Crippen molar-refractivity contribution in [3.63, 3.8) is 0 Å². The third-order valence-corrected chi connectivity index (χ3v) is 2.52. The summed E-state index contributed by atoms with van der Waals surface area (Å²) in [6, 6.07) is -0.992. The molecule has 1 fully saturated rings. The summed E-state index contributed by atoms with van der Waals surface area (Å²) in [7, 11) is 0. The van der Waals surface area contributed by atoms with Crippen molar-refractivity contribution in [1.82, 2.24) is 4.90 Å². The summed E-state index contributed by atoms with van der Waals surface area (Å²) < 4.78 is 0. The number of aliphatic hydroxyl groups is 6. The van der Waals surface area contributed by atoms with Crippen molar-refractivity contribution < 1.29 is 30.6 Å². The zero-order valence-electron chi connectivity index (χ0n) is 7.43. The topological polar surface area (TPSA) is 125 Å². The Kier molecular flexibility index (Phi) is 3.78. The van der Waals surface area contributed by atoms with Crippen molar-refractivity contribution in [2.24, 2.45) is 0 Å². The van der Waals surface area contributed by atoms with Crippen LogP contribution in [0.2, 0.25) is 0 Å². The van der Waals surface area contributed by atoms with E-state index in [1.807, 2.05) is 0 Å². The number of nitrogens with zero attached hydrogens (tertiary/aromatic N) is 1. The molecular formula is C7H15NO6. The molecule has 0 aliphatic carbocycles. The number of rotatable bonds is 2. The molecule has 0 saturated carbocycles. The van der Waals surface area contributed by atoms with Gasteiger partial charge in [0.25, 0.3) is 0 Å². The highest BCUT2D eigenvalue weighted by atomic mass is 16.4. The molecule has 0 spiro atoms. The molecule has 7 heteroatoms. The summed E-state index contributed by atoms with van der Waals surface area (Å²) in [6.07, 6.45) is -6.02. The molecule has 0 aromatic rings. The van der Waals surface area contributed by atoms with E-state index < -0.39 is 43.9 Å². The van der Waals surface area contributed by atoms with Gasteiger partial charge in [-0.05, 0) is 0 Å². The van der Waals surface area contributed by atoms with E-state index in [0.29, 0.717) is 0 Å². The number of hydrogen-bond donors (Lipinski definition) is 6. The third-order valence-electron chi connectivity index (χ3n) is 2.52. The van der Waals surface area contributed by atoms with E-state index in [1.165, 1.54) is 0 Å². The summed E-state index contributed by atoms with van der Waals surface area (Å²) in [5.41, 5.74) is 0. The summed E-state index contributed by atoms with van der Waals surface area (Å²) in [5, 5.41) is 54.9. The van der Waals surface area contributed by atoms with Crippen LogP contribution in [-0.2, 0) is 0 Å². The molecule has 1 aliphatic rings. The van der Waals surface area contributed by atoms with Crippen LogP contribution in [0.25, 0.3) is 0 Å². The molecule has 7 nitrogen and oxygen atoms in total. The van der Waals surface area contributed by atoms with E-state index in [-0.39, 0.29) is 0 Å². The molecule has 1 saturated heterocycles. The molecule has 1 unspecified atom stereocenters. The number of piperidine rings is 1. The molecule has 14 heavy (non-hydrogen) atoms. The van der Waals surface area contributed by atoms with Gasteiger partial charge in [0.2, 0.25) is 0 Å². The Balaban J connectivity index is 2.84. The van der Waals surface area contributed by atoms with Gasteiger partial charge in [-0.3, -0.25) is 0 Å². The second-order valence-corrected chi connectivity index (χ2v) is 3.29. The Bertz CT molecular complexity index is 171. The molecule has 0 amide bonds. The summed E-state index contributed by atoms with van der Waals surface area (Å²) >= 11 is 0. The molecule has 84 valence electrons. The van der Waals surface area contributed by atoms with Crippen molar-refractivity contribution in [2.45, 2.75) is 30.6 Å². The van der Waals surface area contributed by atoms with Gasteiger partial charge in [0.15, 0.2) is 0 Å². The Morgan fingerprint density at radius 1 is 0.857 bits per heavy atom. The van der Waals surface area contributed by atoms with E-state index in [4.69, 9.17) is 10.2 Å². The molecular weight excluding hydrogens is 194 g/mol. The maximum Gasteiger partial charge on any atom is 0.138 e. The maximum absolute atomic E-state index is 9.39. The second kappa shape index (κ2) is 4.49. The molecule has 0 aromatic heterocycles. The van der Waals surface area contributed by atoms with Gasteiger partial charge in [-0.15, -0.1) is 0 Å². The molecule has 5 atom stereocenters. The lowest BCUT2D eigenvalue weighted by atomic mass is 9.93. The molecule has 1 aliphatic heterocycles. The standard InChI is InChI=1S/C7H15NO6/c9-1-3-4(11)5(12)6(13)7(14)8(3)2-10/h3-7,9-14H,1-2H2/t3-,4-,5+,6-,7?/m1/s1. The van der Waals surface area contributed by atoms with Crippen molar-refractivity contribution >= 4 is 0 Å². The monoisotopic (exact) mass is 209 g/mol. The van der Waals surface area contributed by atoms with Crippen LogP contribution in [-0.4, -0.2) is 79.5 Å². The minimum Gasteiger partial charge on any atom is -0.395 e. The average molecular weight is 209 g/mol. The fourth-order valence-corrected chi connectivity index (χ4v) is 1.60. The van der Waals surface area contributed by atoms with E-state index in [9.17, 15) is 20.4 Å². The van der Waals surface area contributed by atoms with E-state index in [2.05, 4.69) is 0 Å². The maximum atomic E-state index is 9.39. The largest absolute Gasteiger partial charge is 0.395 e. The number of hydrogen-bond acceptors (Lipinski definition) is 7.